The van der Waals surface area contributed by atoms with Gasteiger partial charge in [0, 0.05) is 0 Å². The zero-order valence-corrected chi connectivity index (χ0v) is 15.2. The summed E-state index contributed by atoms with van der Waals surface area (Å²) in [6, 6.07) is 4.58. The van der Waals surface area contributed by atoms with Crippen LogP contribution in [0.2, 0.25) is 0 Å². The Bertz CT molecular complexity index is 739. The fraction of sp³-hybridized carbons (Fsp3) is 0.500. The highest BCUT2D eigenvalue weighted by Crippen LogP contribution is 2.29. The van der Waals surface area contributed by atoms with Gasteiger partial charge in [-0.05, 0) is 31.9 Å². The largest absolute Gasteiger partial charge is 0.493 e. The van der Waals surface area contributed by atoms with Crippen LogP contribution in [0.25, 0.3) is 0 Å². The Morgan fingerprint density at radius 1 is 0.920 bits per heavy atom. The molecule has 1 aromatic rings. The molecule has 0 spiro atoms. The SMILES string of the molecule is CC(=O)c1c(OCCCS(=O)(=O)O)cccc1OCCCS(=O)(=O)O. The Hall–Kier alpha value is -1.69. The third-order valence-corrected chi connectivity index (χ3v) is 4.56. The summed E-state index contributed by atoms with van der Waals surface area (Å²) in [6.45, 7) is 1.23. The van der Waals surface area contributed by atoms with Crippen LogP contribution in [0, 0.1) is 0 Å². The molecule has 0 radical (unpaired) electrons. The van der Waals surface area contributed by atoms with Crippen molar-refractivity contribution in [3.8, 4) is 11.5 Å². The smallest absolute Gasteiger partial charge is 0.264 e. The zero-order valence-electron chi connectivity index (χ0n) is 13.5. The van der Waals surface area contributed by atoms with Crippen molar-refractivity contribution in [1.82, 2.24) is 0 Å². The molecule has 0 heterocycles. The van der Waals surface area contributed by atoms with Gasteiger partial charge in [-0.15, -0.1) is 0 Å². The summed E-state index contributed by atoms with van der Waals surface area (Å²) >= 11 is 0. The Balaban J connectivity index is 2.74. The highest BCUT2D eigenvalue weighted by atomic mass is 32.2. The minimum absolute atomic E-state index is 0.0354. The Morgan fingerprint density at radius 2 is 1.32 bits per heavy atom. The van der Waals surface area contributed by atoms with E-state index in [0.717, 1.165) is 0 Å². The quantitative estimate of drug-likeness (QED) is 0.320. The molecular weight excluding hydrogens is 376 g/mol. The van der Waals surface area contributed by atoms with E-state index < -0.39 is 31.7 Å². The molecule has 25 heavy (non-hydrogen) atoms. The van der Waals surface area contributed by atoms with Crippen LogP contribution >= 0.6 is 0 Å². The van der Waals surface area contributed by atoms with Crippen LogP contribution in [-0.2, 0) is 20.2 Å². The third kappa shape index (κ3) is 8.82. The zero-order chi connectivity index (χ0) is 19.1. The van der Waals surface area contributed by atoms with Crippen LogP contribution < -0.4 is 9.47 Å². The second kappa shape index (κ2) is 9.13. The molecule has 0 fully saturated rings. The summed E-state index contributed by atoms with van der Waals surface area (Å²) in [4.78, 5) is 11.8. The molecule has 0 amide bonds. The first kappa shape index (κ1) is 21.4. The Morgan fingerprint density at radius 3 is 1.64 bits per heavy atom. The fourth-order valence-electron chi connectivity index (χ4n) is 1.95. The first-order chi connectivity index (χ1) is 11.5. The number of carbonyl (C=O) groups excluding carboxylic acids is 1. The molecule has 0 unspecified atom stereocenters. The predicted molar refractivity (Wildman–Crippen MR) is 89.5 cm³/mol. The summed E-state index contributed by atoms with van der Waals surface area (Å²) in [6.07, 6.45) is 0.0746. The highest BCUT2D eigenvalue weighted by molar-refractivity contribution is 7.86. The van der Waals surface area contributed by atoms with Gasteiger partial charge in [-0.2, -0.15) is 16.8 Å². The van der Waals surface area contributed by atoms with Crippen molar-refractivity contribution < 1.29 is 40.2 Å². The number of benzene rings is 1. The first-order valence-corrected chi connectivity index (χ1v) is 10.5. The van der Waals surface area contributed by atoms with Crippen LogP contribution in [0.3, 0.4) is 0 Å². The molecular formula is C14H20O9S2. The summed E-state index contributed by atoms with van der Waals surface area (Å²) in [7, 11) is -8.16. The highest BCUT2D eigenvalue weighted by Gasteiger charge is 2.16. The molecule has 0 aliphatic heterocycles. The normalized spacial score (nSPS) is 12.0. The van der Waals surface area contributed by atoms with E-state index in [2.05, 4.69) is 0 Å². The fourth-order valence-corrected chi connectivity index (χ4v) is 2.91. The molecule has 1 aromatic carbocycles. The topological polar surface area (TPSA) is 144 Å². The van der Waals surface area contributed by atoms with Gasteiger partial charge in [-0.3, -0.25) is 13.9 Å². The monoisotopic (exact) mass is 396 g/mol. The van der Waals surface area contributed by atoms with Crippen molar-refractivity contribution in [1.29, 1.82) is 0 Å². The molecule has 0 aliphatic carbocycles. The lowest BCUT2D eigenvalue weighted by Crippen LogP contribution is -2.12. The summed E-state index contributed by atoms with van der Waals surface area (Å²) in [5.74, 6) is -0.900. The van der Waals surface area contributed by atoms with Gasteiger partial charge in [0.2, 0.25) is 0 Å². The van der Waals surface area contributed by atoms with Crippen molar-refractivity contribution in [2.24, 2.45) is 0 Å². The van der Waals surface area contributed by atoms with Gasteiger partial charge >= 0.3 is 0 Å². The molecule has 0 bridgehead atoms. The van der Waals surface area contributed by atoms with E-state index in [1.54, 1.807) is 6.07 Å². The minimum Gasteiger partial charge on any atom is -0.493 e. The molecule has 0 saturated heterocycles. The van der Waals surface area contributed by atoms with Crippen LogP contribution in [0.5, 0.6) is 11.5 Å². The maximum Gasteiger partial charge on any atom is 0.264 e. The minimum atomic E-state index is -4.08. The van der Waals surface area contributed by atoms with Crippen molar-refractivity contribution in [2.75, 3.05) is 24.7 Å². The number of hydrogen-bond acceptors (Lipinski definition) is 7. The molecule has 142 valence electrons. The van der Waals surface area contributed by atoms with Crippen molar-refractivity contribution in [2.45, 2.75) is 19.8 Å². The lowest BCUT2D eigenvalue weighted by molar-refractivity contribution is 0.100. The Labute approximate surface area is 146 Å². The van der Waals surface area contributed by atoms with Crippen molar-refractivity contribution >= 4 is 26.0 Å². The van der Waals surface area contributed by atoms with Crippen LogP contribution in [0.4, 0.5) is 0 Å². The molecule has 1 rings (SSSR count). The second-order valence-electron chi connectivity index (χ2n) is 5.16. The van der Waals surface area contributed by atoms with E-state index in [1.807, 2.05) is 0 Å². The van der Waals surface area contributed by atoms with E-state index in [4.69, 9.17) is 18.6 Å². The van der Waals surface area contributed by atoms with Crippen LogP contribution in [0.1, 0.15) is 30.1 Å². The molecule has 0 aromatic heterocycles. The molecule has 0 atom stereocenters. The van der Waals surface area contributed by atoms with E-state index in [-0.39, 0.29) is 48.9 Å². The number of carbonyl (C=O) groups is 1. The maximum atomic E-state index is 11.8. The summed E-state index contributed by atoms with van der Waals surface area (Å²) in [5, 5.41) is 0. The maximum absolute atomic E-state index is 11.8. The second-order valence-corrected chi connectivity index (χ2v) is 8.31. The molecule has 2 N–H and O–H groups in total. The van der Waals surface area contributed by atoms with Crippen LogP contribution in [-0.4, -0.2) is 56.4 Å². The number of rotatable bonds is 11. The van der Waals surface area contributed by atoms with Gasteiger partial charge in [-0.1, -0.05) is 6.07 Å². The first-order valence-electron chi connectivity index (χ1n) is 7.29. The van der Waals surface area contributed by atoms with E-state index in [1.165, 1.54) is 19.1 Å². The van der Waals surface area contributed by atoms with Gasteiger partial charge in [0.15, 0.2) is 5.78 Å². The standard InChI is InChI=1S/C14H20O9S2/c1-11(15)14-12(22-7-3-9-24(16,17)18)5-2-6-13(14)23-8-4-10-25(19,20)21/h2,5-6H,3-4,7-10H2,1H3,(H,16,17,18)(H,19,20,21). The number of hydrogen-bond donors (Lipinski definition) is 2. The lowest BCUT2D eigenvalue weighted by atomic mass is 10.1. The van der Waals surface area contributed by atoms with Gasteiger partial charge in [0.25, 0.3) is 20.2 Å². The van der Waals surface area contributed by atoms with Gasteiger partial charge in [-0.25, -0.2) is 0 Å². The third-order valence-electron chi connectivity index (χ3n) is 2.95. The Kier molecular flexibility index (Phi) is 7.80. The number of Topliss-reactive ketones (excluding diaryl/α,β-unsaturated/α-hetero) is 1. The van der Waals surface area contributed by atoms with Gasteiger partial charge in [0.1, 0.15) is 17.1 Å². The summed E-state index contributed by atoms with van der Waals surface area (Å²) in [5.41, 5.74) is 0.140. The number of ether oxygens (including phenoxy) is 2. The molecule has 0 aliphatic rings. The van der Waals surface area contributed by atoms with E-state index in [9.17, 15) is 21.6 Å². The molecule has 0 saturated carbocycles. The average Bonchev–Trinajstić information content (AvgIpc) is 2.46. The van der Waals surface area contributed by atoms with Crippen LogP contribution in [0.15, 0.2) is 18.2 Å². The lowest BCUT2D eigenvalue weighted by Gasteiger charge is -2.14. The van der Waals surface area contributed by atoms with Gasteiger partial charge in [0.05, 0.1) is 24.7 Å². The summed E-state index contributed by atoms with van der Waals surface area (Å²) < 4.78 is 70.7. The van der Waals surface area contributed by atoms with Crippen molar-refractivity contribution in [3.05, 3.63) is 23.8 Å². The molecule has 9 nitrogen and oxygen atoms in total. The number of ketones is 1. The van der Waals surface area contributed by atoms with Crippen molar-refractivity contribution in [3.63, 3.8) is 0 Å². The predicted octanol–water partition coefficient (Wildman–Crippen LogP) is 1.20. The van der Waals surface area contributed by atoms with E-state index in [0.29, 0.717) is 0 Å². The van der Waals surface area contributed by atoms with E-state index >= 15 is 0 Å². The average molecular weight is 396 g/mol. The van der Waals surface area contributed by atoms with Gasteiger partial charge < -0.3 is 9.47 Å². The molecule has 11 heteroatoms.